The summed E-state index contributed by atoms with van der Waals surface area (Å²) >= 11 is 6.39. The number of halogens is 4. The van der Waals surface area contributed by atoms with Gasteiger partial charge in [0.1, 0.15) is 10.8 Å². The molecule has 2 aromatic carbocycles. The Hall–Kier alpha value is -3.44. The number of aliphatic hydroxyl groups is 1. The molecule has 1 aliphatic heterocycles. The average molecular weight is 525 g/mol. The van der Waals surface area contributed by atoms with Crippen LogP contribution in [0.4, 0.5) is 24.7 Å². The molecule has 0 bridgehead atoms. The van der Waals surface area contributed by atoms with Gasteiger partial charge in [-0.25, -0.2) is 4.68 Å². The number of alkyl halides is 3. The van der Waals surface area contributed by atoms with E-state index in [9.17, 15) is 23.1 Å². The molecule has 0 spiro atoms. The topological polar surface area (TPSA) is 97.6 Å². The number of carbonyl (C=O) groups excluding carboxylic acids is 1. The molecular formula is C24H24ClF3N4O4. The molecule has 192 valence electrons. The number of aliphatic hydroxyl groups excluding tert-OH is 1. The number of fused-ring (bicyclic) bond motifs is 1. The van der Waals surface area contributed by atoms with E-state index in [1.807, 2.05) is 0 Å². The van der Waals surface area contributed by atoms with Gasteiger partial charge in [-0.15, -0.1) is 0 Å². The van der Waals surface area contributed by atoms with Crippen molar-refractivity contribution < 1.29 is 32.5 Å². The minimum Gasteiger partial charge on any atom is -0.493 e. The number of hydrogen-bond acceptors (Lipinski definition) is 6. The second-order valence-corrected chi connectivity index (χ2v) is 8.69. The molecule has 0 aliphatic carbocycles. The van der Waals surface area contributed by atoms with Crippen LogP contribution in [0.5, 0.6) is 11.5 Å². The molecule has 0 fully saturated rings. The Morgan fingerprint density at radius 3 is 2.44 bits per heavy atom. The lowest BCUT2D eigenvalue weighted by molar-refractivity contribution is -0.173. The third-order valence-corrected chi connectivity index (χ3v) is 6.33. The second-order valence-electron chi connectivity index (χ2n) is 8.31. The standard InChI is InChI=1S/C24H24ClF3N4O4/c1-12(33)13-4-7-15(8-5-13)29-23(34)21-20(25)22-30-16(11-19(24(26,27)28)32(22)31-21)14-6-9-17(35-2)18(10-14)36-3/h4-10,12,16,19,30,33H,11H2,1-3H3,(H,29,34). The van der Waals surface area contributed by atoms with Crippen molar-refractivity contribution in [1.29, 1.82) is 0 Å². The van der Waals surface area contributed by atoms with Gasteiger partial charge in [0.05, 0.1) is 26.4 Å². The summed E-state index contributed by atoms with van der Waals surface area (Å²) in [5.74, 6) is -0.0723. The number of rotatable bonds is 6. The van der Waals surface area contributed by atoms with Crippen LogP contribution in [0.25, 0.3) is 0 Å². The summed E-state index contributed by atoms with van der Waals surface area (Å²) in [7, 11) is 2.89. The van der Waals surface area contributed by atoms with E-state index >= 15 is 0 Å². The van der Waals surface area contributed by atoms with Gasteiger partial charge in [0.25, 0.3) is 5.91 Å². The summed E-state index contributed by atoms with van der Waals surface area (Å²) in [5, 5.41) is 18.9. The van der Waals surface area contributed by atoms with E-state index in [-0.39, 0.29) is 23.0 Å². The average Bonchev–Trinajstić information content (AvgIpc) is 3.19. The Kier molecular flexibility index (Phi) is 7.05. The van der Waals surface area contributed by atoms with Crippen LogP contribution in [0.15, 0.2) is 42.5 Å². The molecule has 3 unspecified atom stereocenters. The molecule has 0 radical (unpaired) electrons. The first-order valence-electron chi connectivity index (χ1n) is 11.0. The number of methoxy groups -OCH3 is 2. The Labute approximate surface area is 210 Å². The van der Waals surface area contributed by atoms with Crippen LogP contribution in [-0.2, 0) is 0 Å². The Morgan fingerprint density at radius 1 is 1.19 bits per heavy atom. The fourth-order valence-electron chi connectivity index (χ4n) is 4.06. The highest BCUT2D eigenvalue weighted by Crippen LogP contribution is 2.47. The van der Waals surface area contributed by atoms with Crippen LogP contribution in [0, 0.1) is 0 Å². The molecule has 1 aliphatic rings. The Morgan fingerprint density at radius 2 is 1.86 bits per heavy atom. The molecule has 1 amide bonds. The normalized spacial score (nSPS) is 18.1. The summed E-state index contributed by atoms with van der Waals surface area (Å²) in [4.78, 5) is 12.9. The second kappa shape index (κ2) is 9.90. The molecule has 12 heteroatoms. The first-order valence-corrected chi connectivity index (χ1v) is 11.3. The molecule has 3 aromatic rings. The number of benzene rings is 2. The quantitative estimate of drug-likeness (QED) is 0.393. The molecule has 3 N–H and O–H groups in total. The maximum atomic E-state index is 14.1. The number of nitrogens with one attached hydrogen (secondary N) is 2. The Bertz CT molecular complexity index is 1260. The van der Waals surface area contributed by atoms with Gasteiger partial charge >= 0.3 is 6.18 Å². The summed E-state index contributed by atoms with van der Waals surface area (Å²) in [6, 6.07) is 8.39. The molecule has 4 rings (SSSR count). The summed E-state index contributed by atoms with van der Waals surface area (Å²) in [6.45, 7) is 1.60. The first-order chi connectivity index (χ1) is 17.0. The SMILES string of the molecule is COc1ccc(C2CC(C(F)(F)F)n3nc(C(=O)Nc4ccc(C(C)O)cc4)c(Cl)c3N2)cc1OC. The van der Waals surface area contributed by atoms with E-state index < -0.39 is 30.3 Å². The van der Waals surface area contributed by atoms with Crippen LogP contribution < -0.4 is 20.1 Å². The zero-order valence-corrected chi connectivity index (χ0v) is 20.3. The van der Waals surface area contributed by atoms with Crippen LogP contribution in [0.3, 0.4) is 0 Å². The van der Waals surface area contributed by atoms with Gasteiger partial charge in [-0.3, -0.25) is 4.79 Å². The van der Waals surface area contributed by atoms with Gasteiger partial charge in [0.2, 0.25) is 0 Å². The largest absolute Gasteiger partial charge is 0.493 e. The maximum Gasteiger partial charge on any atom is 0.410 e. The minimum absolute atomic E-state index is 0.111. The molecule has 1 aromatic heterocycles. The number of carbonyl (C=O) groups is 1. The van der Waals surface area contributed by atoms with Crippen molar-refractivity contribution in [3.8, 4) is 11.5 Å². The van der Waals surface area contributed by atoms with Crippen molar-refractivity contribution in [3.05, 3.63) is 64.3 Å². The van der Waals surface area contributed by atoms with Crippen molar-refractivity contribution in [2.45, 2.75) is 37.7 Å². The van der Waals surface area contributed by atoms with E-state index in [1.54, 1.807) is 49.4 Å². The Balaban J connectivity index is 1.66. The monoisotopic (exact) mass is 524 g/mol. The van der Waals surface area contributed by atoms with Gasteiger partial charge in [0, 0.05) is 12.1 Å². The predicted molar refractivity (Wildman–Crippen MR) is 128 cm³/mol. The van der Waals surface area contributed by atoms with E-state index in [4.69, 9.17) is 21.1 Å². The first kappa shape index (κ1) is 25.6. The fraction of sp³-hybridized carbons (Fsp3) is 0.333. The number of nitrogens with zero attached hydrogens (tertiary/aromatic N) is 2. The van der Waals surface area contributed by atoms with E-state index in [0.717, 1.165) is 0 Å². The predicted octanol–water partition coefficient (Wildman–Crippen LogP) is 5.52. The van der Waals surface area contributed by atoms with Crippen LogP contribution in [-0.4, -0.2) is 41.2 Å². The number of hydrogen-bond donors (Lipinski definition) is 3. The fourth-order valence-corrected chi connectivity index (χ4v) is 4.32. The molecule has 0 saturated carbocycles. The lowest BCUT2D eigenvalue weighted by Crippen LogP contribution is -2.35. The lowest BCUT2D eigenvalue weighted by atomic mass is 9.96. The number of amides is 1. The van der Waals surface area contributed by atoms with Crippen LogP contribution in [0.2, 0.25) is 5.02 Å². The highest BCUT2D eigenvalue weighted by Gasteiger charge is 2.48. The molecule has 8 nitrogen and oxygen atoms in total. The molecule has 3 atom stereocenters. The van der Waals surface area contributed by atoms with Gasteiger partial charge in [-0.1, -0.05) is 29.8 Å². The molecule has 36 heavy (non-hydrogen) atoms. The third kappa shape index (κ3) is 4.93. The van der Waals surface area contributed by atoms with E-state index in [1.165, 1.54) is 14.2 Å². The maximum absolute atomic E-state index is 14.1. The van der Waals surface area contributed by atoms with Crippen molar-refractivity contribution in [3.63, 3.8) is 0 Å². The van der Waals surface area contributed by atoms with Gasteiger partial charge in [-0.05, 0) is 42.3 Å². The number of aromatic nitrogens is 2. The van der Waals surface area contributed by atoms with Crippen molar-refractivity contribution >= 4 is 29.0 Å². The zero-order valence-electron chi connectivity index (χ0n) is 19.6. The highest BCUT2D eigenvalue weighted by atomic mass is 35.5. The van der Waals surface area contributed by atoms with Gasteiger partial charge in [-0.2, -0.15) is 18.3 Å². The summed E-state index contributed by atoms with van der Waals surface area (Å²) < 4.78 is 53.4. The highest BCUT2D eigenvalue weighted by molar-refractivity contribution is 6.36. The molecular weight excluding hydrogens is 501 g/mol. The van der Waals surface area contributed by atoms with Crippen LogP contribution >= 0.6 is 11.6 Å². The number of ether oxygens (including phenoxy) is 2. The van der Waals surface area contributed by atoms with Gasteiger partial charge < -0.3 is 25.2 Å². The lowest BCUT2D eigenvalue weighted by Gasteiger charge is -2.33. The van der Waals surface area contributed by atoms with Crippen molar-refractivity contribution in [2.75, 3.05) is 24.9 Å². The van der Waals surface area contributed by atoms with Crippen molar-refractivity contribution in [1.82, 2.24) is 9.78 Å². The smallest absolute Gasteiger partial charge is 0.410 e. The summed E-state index contributed by atoms with van der Waals surface area (Å²) in [6.07, 6.45) is -5.72. The van der Waals surface area contributed by atoms with E-state index in [0.29, 0.717) is 33.0 Å². The van der Waals surface area contributed by atoms with E-state index in [2.05, 4.69) is 15.7 Å². The molecule has 0 saturated heterocycles. The van der Waals surface area contributed by atoms with Crippen LogP contribution in [0.1, 0.15) is 53.1 Å². The van der Waals surface area contributed by atoms with Gasteiger partial charge in [0.15, 0.2) is 23.2 Å². The zero-order chi connectivity index (χ0) is 26.2. The minimum atomic E-state index is -4.65. The number of anilines is 2. The summed E-state index contributed by atoms with van der Waals surface area (Å²) in [5.41, 5.74) is 1.19. The third-order valence-electron chi connectivity index (χ3n) is 5.97. The molecule has 2 heterocycles. The van der Waals surface area contributed by atoms with Crippen molar-refractivity contribution in [2.24, 2.45) is 0 Å².